The molecule has 0 aromatic carbocycles. The minimum absolute atomic E-state index is 0. The average Bonchev–Trinajstić information content (AvgIpc) is 2.71. The molecule has 1 N–H and O–H groups in total. The van der Waals surface area contributed by atoms with Crippen LogP contribution in [0, 0.1) is 11.8 Å². The van der Waals surface area contributed by atoms with Gasteiger partial charge in [0.25, 0.3) is 0 Å². The molecule has 2 heteroatoms. The van der Waals surface area contributed by atoms with Gasteiger partial charge < -0.3 is 5.32 Å². The van der Waals surface area contributed by atoms with E-state index in [0.29, 0.717) is 0 Å². The normalized spacial score (nSPS) is 33.0. The van der Waals surface area contributed by atoms with E-state index in [1.807, 2.05) is 0 Å². The van der Waals surface area contributed by atoms with Gasteiger partial charge in [0.1, 0.15) is 0 Å². The van der Waals surface area contributed by atoms with Crippen LogP contribution in [0.5, 0.6) is 0 Å². The van der Waals surface area contributed by atoms with Gasteiger partial charge in [0.05, 0.1) is 0 Å². The van der Waals surface area contributed by atoms with E-state index in [1.54, 1.807) is 0 Å². The first kappa shape index (κ1) is 8.35. The second kappa shape index (κ2) is 3.59. The molecular formula is C8H16ClN. The molecule has 0 spiro atoms. The van der Waals surface area contributed by atoms with E-state index in [1.165, 1.54) is 38.8 Å². The van der Waals surface area contributed by atoms with Crippen LogP contribution < -0.4 is 5.32 Å². The Hall–Kier alpha value is 0.250. The van der Waals surface area contributed by atoms with E-state index in [4.69, 9.17) is 0 Å². The SMILES string of the molecule is C1CNCC(C2CC2)C1.Cl. The third kappa shape index (κ3) is 1.86. The van der Waals surface area contributed by atoms with Gasteiger partial charge in [-0.1, -0.05) is 0 Å². The zero-order valence-corrected chi connectivity index (χ0v) is 7.12. The van der Waals surface area contributed by atoms with Crippen LogP contribution in [0.15, 0.2) is 0 Å². The standard InChI is InChI=1S/C8H15N.ClH/c1-2-8(6-9-5-1)7-3-4-7;/h7-9H,1-6H2;1H. The van der Waals surface area contributed by atoms with E-state index < -0.39 is 0 Å². The fraction of sp³-hybridized carbons (Fsp3) is 1.00. The first-order valence-electron chi connectivity index (χ1n) is 4.17. The molecule has 0 aromatic heterocycles. The Morgan fingerprint density at radius 3 is 2.30 bits per heavy atom. The van der Waals surface area contributed by atoms with Gasteiger partial charge >= 0.3 is 0 Å². The molecule has 0 bridgehead atoms. The molecule has 2 fully saturated rings. The highest BCUT2D eigenvalue weighted by Gasteiger charge is 2.31. The number of halogens is 1. The summed E-state index contributed by atoms with van der Waals surface area (Å²) in [7, 11) is 0. The summed E-state index contributed by atoms with van der Waals surface area (Å²) < 4.78 is 0. The maximum atomic E-state index is 3.46. The van der Waals surface area contributed by atoms with E-state index in [-0.39, 0.29) is 12.4 Å². The fourth-order valence-electron chi connectivity index (χ4n) is 1.85. The molecule has 1 aliphatic heterocycles. The molecule has 1 atom stereocenters. The maximum absolute atomic E-state index is 3.46. The Labute approximate surface area is 69.0 Å². The van der Waals surface area contributed by atoms with Crippen molar-refractivity contribution in [1.29, 1.82) is 0 Å². The monoisotopic (exact) mass is 161 g/mol. The van der Waals surface area contributed by atoms with E-state index >= 15 is 0 Å². The van der Waals surface area contributed by atoms with Crippen LogP contribution in [-0.2, 0) is 0 Å². The molecule has 0 aromatic rings. The lowest BCUT2D eigenvalue weighted by molar-refractivity contribution is 0.341. The van der Waals surface area contributed by atoms with Crippen LogP contribution in [0.3, 0.4) is 0 Å². The fourth-order valence-corrected chi connectivity index (χ4v) is 1.85. The molecule has 60 valence electrons. The van der Waals surface area contributed by atoms with Crippen molar-refractivity contribution in [3.8, 4) is 0 Å². The molecule has 1 aliphatic carbocycles. The Bertz CT molecular complexity index is 95.4. The van der Waals surface area contributed by atoms with Gasteiger partial charge in [-0.3, -0.25) is 0 Å². The lowest BCUT2D eigenvalue weighted by Crippen LogP contribution is -2.30. The van der Waals surface area contributed by atoms with Crippen molar-refractivity contribution in [2.24, 2.45) is 11.8 Å². The zero-order valence-electron chi connectivity index (χ0n) is 6.31. The second-order valence-corrected chi connectivity index (χ2v) is 3.44. The van der Waals surface area contributed by atoms with E-state index in [0.717, 1.165) is 11.8 Å². The smallest absolute Gasteiger partial charge is 0.00179 e. The summed E-state index contributed by atoms with van der Waals surface area (Å²) in [6, 6.07) is 0. The molecule has 1 nitrogen and oxygen atoms in total. The van der Waals surface area contributed by atoms with Gasteiger partial charge in [0, 0.05) is 0 Å². The molecule has 2 aliphatic rings. The van der Waals surface area contributed by atoms with E-state index in [2.05, 4.69) is 5.32 Å². The highest BCUT2D eigenvalue weighted by molar-refractivity contribution is 5.85. The third-order valence-corrected chi connectivity index (χ3v) is 2.62. The highest BCUT2D eigenvalue weighted by Crippen LogP contribution is 2.39. The van der Waals surface area contributed by atoms with Gasteiger partial charge in [-0.2, -0.15) is 0 Å². The van der Waals surface area contributed by atoms with Gasteiger partial charge in [0.2, 0.25) is 0 Å². The van der Waals surface area contributed by atoms with Crippen LogP contribution in [0.1, 0.15) is 25.7 Å². The Balaban J connectivity index is 0.000000500. The highest BCUT2D eigenvalue weighted by atomic mass is 35.5. The first-order valence-corrected chi connectivity index (χ1v) is 4.17. The summed E-state index contributed by atoms with van der Waals surface area (Å²) in [6.07, 6.45) is 5.96. The minimum atomic E-state index is 0. The minimum Gasteiger partial charge on any atom is -0.316 e. The van der Waals surface area contributed by atoms with Gasteiger partial charge in [-0.15, -0.1) is 12.4 Å². The van der Waals surface area contributed by atoms with Crippen molar-refractivity contribution in [1.82, 2.24) is 5.32 Å². The number of hydrogen-bond donors (Lipinski definition) is 1. The largest absolute Gasteiger partial charge is 0.316 e. The first-order chi connectivity index (χ1) is 4.47. The Kier molecular flexibility index (Phi) is 2.99. The molecule has 10 heavy (non-hydrogen) atoms. The van der Waals surface area contributed by atoms with Crippen molar-refractivity contribution in [3.63, 3.8) is 0 Å². The molecule has 0 radical (unpaired) electrons. The lowest BCUT2D eigenvalue weighted by atomic mass is 9.95. The molecule has 2 rings (SSSR count). The van der Waals surface area contributed by atoms with Crippen molar-refractivity contribution < 1.29 is 0 Å². The number of hydrogen-bond acceptors (Lipinski definition) is 1. The average molecular weight is 162 g/mol. The van der Waals surface area contributed by atoms with Crippen molar-refractivity contribution in [2.45, 2.75) is 25.7 Å². The summed E-state index contributed by atoms with van der Waals surface area (Å²) in [5.41, 5.74) is 0. The van der Waals surface area contributed by atoms with Crippen molar-refractivity contribution in [3.05, 3.63) is 0 Å². The van der Waals surface area contributed by atoms with Crippen LogP contribution in [0.4, 0.5) is 0 Å². The maximum Gasteiger partial charge on any atom is -0.00179 e. The summed E-state index contributed by atoms with van der Waals surface area (Å²) >= 11 is 0. The summed E-state index contributed by atoms with van der Waals surface area (Å²) in [5, 5.41) is 3.46. The predicted octanol–water partition coefficient (Wildman–Crippen LogP) is 1.82. The van der Waals surface area contributed by atoms with Gasteiger partial charge in [-0.05, 0) is 50.6 Å². The summed E-state index contributed by atoms with van der Waals surface area (Å²) in [5.74, 6) is 2.18. The van der Waals surface area contributed by atoms with Gasteiger partial charge in [-0.25, -0.2) is 0 Å². The number of nitrogens with one attached hydrogen (secondary N) is 1. The number of rotatable bonds is 1. The molecule has 1 saturated heterocycles. The van der Waals surface area contributed by atoms with Crippen LogP contribution >= 0.6 is 12.4 Å². The zero-order chi connectivity index (χ0) is 6.10. The van der Waals surface area contributed by atoms with Crippen molar-refractivity contribution >= 4 is 12.4 Å². The van der Waals surface area contributed by atoms with E-state index in [9.17, 15) is 0 Å². The molecule has 0 amide bonds. The molecular weight excluding hydrogens is 146 g/mol. The topological polar surface area (TPSA) is 12.0 Å². The summed E-state index contributed by atoms with van der Waals surface area (Å²) in [6.45, 7) is 2.58. The quantitative estimate of drug-likeness (QED) is 0.619. The van der Waals surface area contributed by atoms with Crippen LogP contribution in [-0.4, -0.2) is 13.1 Å². The summed E-state index contributed by atoms with van der Waals surface area (Å²) in [4.78, 5) is 0. The Morgan fingerprint density at radius 2 is 1.80 bits per heavy atom. The van der Waals surface area contributed by atoms with Crippen molar-refractivity contribution in [2.75, 3.05) is 13.1 Å². The Morgan fingerprint density at radius 1 is 1.00 bits per heavy atom. The van der Waals surface area contributed by atoms with Gasteiger partial charge in [0.15, 0.2) is 0 Å². The molecule has 1 unspecified atom stereocenters. The van der Waals surface area contributed by atoms with Crippen LogP contribution in [0.2, 0.25) is 0 Å². The van der Waals surface area contributed by atoms with Crippen LogP contribution in [0.25, 0.3) is 0 Å². The third-order valence-electron chi connectivity index (χ3n) is 2.62. The lowest BCUT2D eigenvalue weighted by Gasteiger charge is -2.21. The predicted molar refractivity (Wildman–Crippen MR) is 45.6 cm³/mol. The molecule has 1 heterocycles. The number of piperidine rings is 1. The second-order valence-electron chi connectivity index (χ2n) is 3.44. The molecule has 1 saturated carbocycles.